The van der Waals surface area contributed by atoms with E-state index in [4.69, 9.17) is 4.74 Å². The van der Waals surface area contributed by atoms with E-state index in [-0.39, 0.29) is 17.9 Å². The highest BCUT2D eigenvalue weighted by Gasteiger charge is 2.33. The Morgan fingerprint density at radius 1 is 0.833 bits per heavy atom. The summed E-state index contributed by atoms with van der Waals surface area (Å²) >= 11 is 0. The third-order valence-corrected chi connectivity index (χ3v) is 4.38. The second-order valence-corrected chi connectivity index (χ2v) is 5.87. The van der Waals surface area contributed by atoms with Gasteiger partial charge in [-0.3, -0.25) is 14.8 Å². The Morgan fingerprint density at radius 2 is 1.46 bits per heavy atom. The lowest BCUT2D eigenvalue weighted by Gasteiger charge is -2.31. The maximum atomic E-state index is 12.4. The van der Waals surface area contributed by atoms with E-state index in [1.807, 2.05) is 60.7 Å². The monoisotopic (exact) mass is 320 g/mol. The second-order valence-electron chi connectivity index (χ2n) is 5.87. The van der Waals surface area contributed by atoms with Gasteiger partial charge >= 0.3 is 5.69 Å². The number of nitrogens with one attached hydrogen (secondary N) is 2. The zero-order valence-corrected chi connectivity index (χ0v) is 12.9. The van der Waals surface area contributed by atoms with Crippen molar-refractivity contribution in [2.75, 3.05) is 0 Å². The fourth-order valence-corrected chi connectivity index (χ4v) is 3.27. The molecule has 0 saturated carbocycles. The van der Waals surface area contributed by atoms with E-state index in [0.29, 0.717) is 12.0 Å². The Hall–Kier alpha value is -3.08. The van der Waals surface area contributed by atoms with E-state index in [0.717, 1.165) is 11.1 Å². The fraction of sp³-hybridized carbons (Fsp3) is 0.158. The van der Waals surface area contributed by atoms with Crippen molar-refractivity contribution in [3.63, 3.8) is 0 Å². The number of benzene rings is 2. The van der Waals surface area contributed by atoms with E-state index in [2.05, 4.69) is 9.97 Å². The van der Waals surface area contributed by atoms with Crippen LogP contribution in [0.1, 0.15) is 35.1 Å². The summed E-state index contributed by atoms with van der Waals surface area (Å²) in [5, 5.41) is 0. The molecule has 3 aromatic rings. The third kappa shape index (κ3) is 2.54. The fourth-order valence-electron chi connectivity index (χ4n) is 3.27. The molecule has 24 heavy (non-hydrogen) atoms. The normalized spacial score (nSPS) is 19.3. The molecule has 2 aromatic carbocycles. The third-order valence-electron chi connectivity index (χ3n) is 4.38. The van der Waals surface area contributed by atoms with Gasteiger partial charge in [0.15, 0.2) is 0 Å². The van der Waals surface area contributed by atoms with Gasteiger partial charge in [0.1, 0.15) is 6.10 Å². The van der Waals surface area contributed by atoms with Crippen molar-refractivity contribution in [3.05, 3.63) is 98.2 Å². The van der Waals surface area contributed by atoms with Gasteiger partial charge in [0.2, 0.25) is 5.88 Å². The van der Waals surface area contributed by atoms with Gasteiger partial charge in [-0.05, 0) is 17.5 Å². The molecule has 4 rings (SSSR count). The second kappa shape index (κ2) is 5.85. The van der Waals surface area contributed by atoms with E-state index in [9.17, 15) is 9.59 Å². The summed E-state index contributed by atoms with van der Waals surface area (Å²) in [6.07, 6.45) is 0.414. The molecule has 0 amide bonds. The molecule has 0 aliphatic carbocycles. The highest BCUT2D eigenvalue weighted by Crippen LogP contribution is 2.41. The van der Waals surface area contributed by atoms with E-state index in [1.165, 1.54) is 0 Å². The van der Waals surface area contributed by atoms with Gasteiger partial charge < -0.3 is 4.74 Å². The zero-order chi connectivity index (χ0) is 16.5. The van der Waals surface area contributed by atoms with Crippen molar-refractivity contribution in [2.24, 2.45) is 0 Å². The van der Waals surface area contributed by atoms with Crippen LogP contribution in [0.4, 0.5) is 0 Å². The SMILES string of the molecule is O=c1[nH]c2c(c(=O)[nH]1)[C@@H](c1ccccc1)C[C@@H](c1ccccc1)O2. The average Bonchev–Trinajstić information content (AvgIpc) is 2.62. The number of ether oxygens (including phenoxy) is 1. The molecule has 5 nitrogen and oxygen atoms in total. The van der Waals surface area contributed by atoms with Crippen LogP contribution in [0.25, 0.3) is 0 Å². The molecule has 2 N–H and O–H groups in total. The summed E-state index contributed by atoms with van der Waals surface area (Å²) in [4.78, 5) is 29.0. The number of H-pyrrole nitrogens is 2. The van der Waals surface area contributed by atoms with Crippen molar-refractivity contribution >= 4 is 0 Å². The first-order valence-electron chi connectivity index (χ1n) is 7.85. The van der Waals surface area contributed by atoms with Crippen molar-refractivity contribution in [1.82, 2.24) is 9.97 Å². The molecule has 0 bridgehead atoms. The molecular weight excluding hydrogens is 304 g/mol. The number of aromatic amines is 2. The van der Waals surface area contributed by atoms with E-state index in [1.54, 1.807) is 0 Å². The lowest BCUT2D eigenvalue weighted by atomic mass is 9.84. The minimum absolute atomic E-state index is 0.138. The molecule has 0 saturated heterocycles. The topological polar surface area (TPSA) is 75.0 Å². The average molecular weight is 320 g/mol. The van der Waals surface area contributed by atoms with Crippen LogP contribution < -0.4 is 16.0 Å². The van der Waals surface area contributed by atoms with Crippen LogP contribution in [0, 0.1) is 0 Å². The predicted octanol–water partition coefficient (Wildman–Crippen LogP) is 2.72. The van der Waals surface area contributed by atoms with Crippen molar-refractivity contribution in [1.29, 1.82) is 0 Å². The van der Waals surface area contributed by atoms with Gasteiger partial charge in [0, 0.05) is 5.92 Å². The maximum Gasteiger partial charge on any atom is 0.328 e. The van der Waals surface area contributed by atoms with Crippen LogP contribution in [0.3, 0.4) is 0 Å². The number of hydrogen-bond acceptors (Lipinski definition) is 3. The van der Waals surface area contributed by atoms with Crippen LogP contribution in [-0.4, -0.2) is 9.97 Å². The molecule has 0 spiro atoms. The number of aromatic nitrogens is 2. The molecule has 1 aliphatic heterocycles. The molecule has 1 aliphatic rings. The van der Waals surface area contributed by atoms with Gasteiger partial charge in [-0.15, -0.1) is 0 Å². The summed E-state index contributed by atoms with van der Waals surface area (Å²) in [5.41, 5.74) is 1.58. The molecule has 0 radical (unpaired) electrons. The van der Waals surface area contributed by atoms with Crippen LogP contribution >= 0.6 is 0 Å². The van der Waals surface area contributed by atoms with Gasteiger partial charge in [-0.1, -0.05) is 60.7 Å². The van der Waals surface area contributed by atoms with Crippen LogP contribution in [0.2, 0.25) is 0 Å². The zero-order valence-electron chi connectivity index (χ0n) is 12.9. The summed E-state index contributed by atoms with van der Waals surface area (Å²) in [6, 6.07) is 19.6. The van der Waals surface area contributed by atoms with Crippen molar-refractivity contribution in [3.8, 4) is 5.88 Å². The van der Waals surface area contributed by atoms with Gasteiger partial charge in [-0.25, -0.2) is 4.79 Å². The summed E-state index contributed by atoms with van der Waals surface area (Å²) in [6.45, 7) is 0. The Bertz CT molecular complexity index is 961. The lowest BCUT2D eigenvalue weighted by Crippen LogP contribution is -2.33. The molecule has 2 heterocycles. The van der Waals surface area contributed by atoms with Crippen molar-refractivity contribution < 1.29 is 4.74 Å². The first kappa shape index (κ1) is 14.5. The Morgan fingerprint density at radius 3 is 2.12 bits per heavy atom. The quantitative estimate of drug-likeness (QED) is 0.762. The minimum Gasteiger partial charge on any atom is -0.470 e. The summed E-state index contributed by atoms with van der Waals surface area (Å²) in [7, 11) is 0. The molecule has 120 valence electrons. The molecular formula is C19H16N2O3. The molecule has 2 atom stereocenters. The maximum absolute atomic E-state index is 12.4. The largest absolute Gasteiger partial charge is 0.470 e. The van der Waals surface area contributed by atoms with E-state index >= 15 is 0 Å². The van der Waals surface area contributed by atoms with E-state index < -0.39 is 11.2 Å². The Balaban J connectivity index is 1.87. The first-order chi connectivity index (χ1) is 11.7. The van der Waals surface area contributed by atoms with Gasteiger partial charge in [-0.2, -0.15) is 0 Å². The Kier molecular flexibility index (Phi) is 3.54. The molecule has 1 aromatic heterocycles. The van der Waals surface area contributed by atoms with Gasteiger partial charge in [0.05, 0.1) is 5.56 Å². The molecule has 0 fully saturated rings. The highest BCUT2D eigenvalue weighted by molar-refractivity contribution is 5.39. The Labute approximate surface area is 138 Å². The first-order valence-corrected chi connectivity index (χ1v) is 7.85. The van der Waals surface area contributed by atoms with Crippen LogP contribution in [0.15, 0.2) is 70.3 Å². The summed E-state index contributed by atoms with van der Waals surface area (Å²) < 4.78 is 5.96. The standard InChI is InChI=1S/C19H16N2O3/c22-17-16-14(12-7-3-1-4-8-12)11-15(13-9-5-2-6-10-13)24-18(16)21-19(23)20-17/h1-10,14-15H,11H2,(H2,20,21,22,23)/t14-,15+/m1/s1. The minimum atomic E-state index is -0.556. The van der Waals surface area contributed by atoms with Crippen LogP contribution in [0.5, 0.6) is 5.88 Å². The molecule has 0 unspecified atom stereocenters. The number of rotatable bonds is 2. The highest BCUT2D eigenvalue weighted by atomic mass is 16.5. The smallest absolute Gasteiger partial charge is 0.328 e. The van der Waals surface area contributed by atoms with Gasteiger partial charge in [0.25, 0.3) is 5.56 Å². The molecule has 5 heteroatoms. The lowest BCUT2D eigenvalue weighted by molar-refractivity contribution is 0.157. The number of hydrogen-bond donors (Lipinski definition) is 2. The van der Waals surface area contributed by atoms with Crippen LogP contribution in [-0.2, 0) is 0 Å². The summed E-state index contributed by atoms with van der Waals surface area (Å²) in [5.74, 6) is 0.124. The van der Waals surface area contributed by atoms with Crippen molar-refractivity contribution in [2.45, 2.75) is 18.4 Å². The number of fused-ring (bicyclic) bond motifs is 1. The predicted molar refractivity (Wildman–Crippen MR) is 90.4 cm³/mol.